The second kappa shape index (κ2) is 8.39. The number of ether oxygens (including phenoxy) is 2. The number of nitrogens with one attached hydrogen (secondary N) is 1. The Morgan fingerprint density at radius 1 is 1.24 bits per heavy atom. The Kier molecular flexibility index (Phi) is 5.74. The van der Waals surface area contributed by atoms with Gasteiger partial charge in [-0.3, -0.25) is 4.79 Å². The number of carbonyl (C=O) groups is 1. The number of hydrogen-bond donors (Lipinski definition) is 1. The third kappa shape index (κ3) is 4.42. The maximum atomic E-state index is 11.9. The number of fused-ring (bicyclic) bond motifs is 1. The molecule has 0 aliphatic carbocycles. The number of furan rings is 1. The van der Waals surface area contributed by atoms with Crippen LogP contribution < -0.4 is 10.1 Å². The normalized spacial score (nSPS) is 10.9. The van der Waals surface area contributed by atoms with Crippen LogP contribution in [0.25, 0.3) is 10.9 Å². The summed E-state index contributed by atoms with van der Waals surface area (Å²) in [6, 6.07) is 11.5. The maximum Gasteiger partial charge on any atom is 0.257 e. The smallest absolute Gasteiger partial charge is 0.257 e. The molecule has 0 saturated carbocycles. The van der Waals surface area contributed by atoms with Crippen LogP contribution in [0.15, 0.2) is 53.3 Å². The third-order valence-electron chi connectivity index (χ3n) is 3.94. The highest BCUT2D eigenvalue weighted by Gasteiger charge is 2.09. The quantitative estimate of drug-likeness (QED) is 0.649. The van der Waals surface area contributed by atoms with E-state index in [0.717, 1.165) is 23.2 Å². The van der Waals surface area contributed by atoms with Crippen molar-refractivity contribution in [2.75, 3.05) is 26.9 Å². The molecule has 0 radical (unpaired) electrons. The molecule has 0 aliphatic heterocycles. The first kappa shape index (κ1) is 17.1. The van der Waals surface area contributed by atoms with Crippen molar-refractivity contribution in [2.24, 2.45) is 0 Å². The first-order valence-electron chi connectivity index (χ1n) is 8.26. The lowest BCUT2D eigenvalue weighted by Crippen LogP contribution is -2.30. The fourth-order valence-electron chi connectivity index (χ4n) is 2.68. The molecular weight excluding hydrogens is 320 g/mol. The number of hydrogen-bond acceptors (Lipinski definition) is 4. The molecular formula is C19H22N2O4. The van der Waals surface area contributed by atoms with E-state index >= 15 is 0 Å². The van der Waals surface area contributed by atoms with Gasteiger partial charge in [-0.15, -0.1) is 0 Å². The van der Waals surface area contributed by atoms with Gasteiger partial charge in [-0.05, 0) is 30.3 Å². The topological polar surface area (TPSA) is 65.6 Å². The molecule has 2 heterocycles. The molecule has 3 aromatic rings. The van der Waals surface area contributed by atoms with Crippen LogP contribution in [0.1, 0.15) is 5.76 Å². The molecule has 1 N–H and O–H groups in total. The summed E-state index contributed by atoms with van der Waals surface area (Å²) < 4.78 is 18.2. The minimum Gasteiger partial charge on any atom is -0.483 e. The van der Waals surface area contributed by atoms with Crippen LogP contribution in [-0.2, 0) is 22.5 Å². The summed E-state index contributed by atoms with van der Waals surface area (Å²) in [5.41, 5.74) is 1.06. The fraction of sp³-hybridized carbons (Fsp3) is 0.316. The Morgan fingerprint density at radius 2 is 2.16 bits per heavy atom. The van der Waals surface area contributed by atoms with Crippen LogP contribution in [0.5, 0.6) is 5.75 Å². The monoisotopic (exact) mass is 342 g/mol. The minimum atomic E-state index is -0.151. The summed E-state index contributed by atoms with van der Waals surface area (Å²) in [7, 11) is 1.69. The van der Waals surface area contributed by atoms with Crippen molar-refractivity contribution in [3.05, 3.63) is 54.6 Å². The average molecular weight is 342 g/mol. The first-order chi connectivity index (χ1) is 12.3. The van der Waals surface area contributed by atoms with E-state index in [1.54, 1.807) is 13.4 Å². The summed E-state index contributed by atoms with van der Waals surface area (Å²) in [5.74, 6) is 1.40. The van der Waals surface area contributed by atoms with Crippen molar-refractivity contribution in [1.82, 2.24) is 9.88 Å². The van der Waals surface area contributed by atoms with E-state index < -0.39 is 0 Å². The van der Waals surface area contributed by atoms with Gasteiger partial charge in [-0.25, -0.2) is 0 Å². The Bertz CT molecular complexity index is 808. The van der Waals surface area contributed by atoms with Crippen LogP contribution in [0.3, 0.4) is 0 Å². The highest BCUT2D eigenvalue weighted by Crippen LogP contribution is 2.26. The van der Waals surface area contributed by atoms with Crippen LogP contribution in [0.2, 0.25) is 0 Å². The average Bonchev–Trinajstić information content (AvgIpc) is 3.28. The number of aromatic nitrogens is 1. The molecule has 1 amide bonds. The molecule has 0 aliphatic rings. The van der Waals surface area contributed by atoms with Crippen LogP contribution >= 0.6 is 0 Å². The molecule has 1 aromatic carbocycles. The van der Waals surface area contributed by atoms with Gasteiger partial charge in [0.05, 0.1) is 18.4 Å². The Balaban J connectivity index is 1.53. The van der Waals surface area contributed by atoms with Crippen molar-refractivity contribution in [3.63, 3.8) is 0 Å². The van der Waals surface area contributed by atoms with Gasteiger partial charge >= 0.3 is 0 Å². The van der Waals surface area contributed by atoms with Gasteiger partial charge in [0.15, 0.2) is 6.61 Å². The molecule has 3 rings (SSSR count). The predicted molar refractivity (Wildman–Crippen MR) is 94.7 cm³/mol. The number of nitrogens with zero attached hydrogens (tertiary/aromatic N) is 1. The van der Waals surface area contributed by atoms with Crippen LogP contribution in [-0.4, -0.2) is 37.3 Å². The zero-order chi connectivity index (χ0) is 17.5. The molecule has 0 fully saturated rings. The third-order valence-corrected chi connectivity index (χ3v) is 3.94. The largest absolute Gasteiger partial charge is 0.483 e. The standard InChI is InChI=1S/C19H22N2O4/c1-23-13-11-21-10-8-16-17(21)5-2-6-18(16)25-14-19(22)20-9-7-15-4-3-12-24-15/h2-6,8,10,12H,7,9,11,13-14H2,1H3,(H,20,22). The van der Waals surface area contributed by atoms with Gasteiger partial charge < -0.3 is 23.8 Å². The number of amides is 1. The van der Waals surface area contributed by atoms with Crippen molar-refractivity contribution in [1.29, 1.82) is 0 Å². The van der Waals surface area contributed by atoms with E-state index in [-0.39, 0.29) is 12.5 Å². The predicted octanol–water partition coefficient (Wildman–Crippen LogP) is 2.62. The molecule has 25 heavy (non-hydrogen) atoms. The summed E-state index contributed by atoms with van der Waals surface area (Å²) >= 11 is 0. The number of rotatable bonds is 9. The van der Waals surface area contributed by atoms with Crippen LogP contribution in [0, 0.1) is 0 Å². The van der Waals surface area contributed by atoms with Crippen molar-refractivity contribution in [2.45, 2.75) is 13.0 Å². The summed E-state index contributed by atoms with van der Waals surface area (Å²) in [6.45, 7) is 1.93. The van der Waals surface area contributed by atoms with E-state index in [1.165, 1.54) is 0 Å². The first-order valence-corrected chi connectivity index (χ1v) is 8.26. The van der Waals surface area contributed by atoms with Crippen LogP contribution in [0.4, 0.5) is 0 Å². The van der Waals surface area contributed by atoms with Gasteiger partial charge in [0, 0.05) is 38.2 Å². The summed E-state index contributed by atoms with van der Waals surface area (Å²) in [6.07, 6.45) is 4.29. The lowest BCUT2D eigenvalue weighted by molar-refractivity contribution is -0.123. The zero-order valence-electron chi connectivity index (χ0n) is 14.2. The van der Waals surface area contributed by atoms with Gasteiger partial charge in [0.1, 0.15) is 11.5 Å². The maximum absolute atomic E-state index is 11.9. The fourth-order valence-corrected chi connectivity index (χ4v) is 2.68. The van der Waals surface area contributed by atoms with Gasteiger partial charge in [-0.2, -0.15) is 0 Å². The lowest BCUT2D eigenvalue weighted by atomic mass is 10.2. The summed E-state index contributed by atoms with van der Waals surface area (Å²) in [4.78, 5) is 11.9. The second-order valence-electron chi connectivity index (χ2n) is 5.66. The minimum absolute atomic E-state index is 0.0134. The van der Waals surface area contributed by atoms with E-state index in [0.29, 0.717) is 25.3 Å². The van der Waals surface area contributed by atoms with Crippen molar-refractivity contribution < 1.29 is 18.7 Å². The van der Waals surface area contributed by atoms with Gasteiger partial charge in [-0.1, -0.05) is 6.07 Å². The SMILES string of the molecule is COCCn1ccc2c(OCC(=O)NCCc3ccco3)cccc21. The molecule has 6 heteroatoms. The highest BCUT2D eigenvalue weighted by molar-refractivity contribution is 5.87. The summed E-state index contributed by atoms with van der Waals surface area (Å²) in [5, 5.41) is 3.81. The molecule has 0 saturated heterocycles. The van der Waals surface area contributed by atoms with E-state index in [4.69, 9.17) is 13.9 Å². The molecule has 0 bridgehead atoms. The lowest BCUT2D eigenvalue weighted by Gasteiger charge is -2.09. The van der Waals surface area contributed by atoms with Gasteiger partial charge in [0.2, 0.25) is 0 Å². The van der Waals surface area contributed by atoms with Gasteiger partial charge in [0.25, 0.3) is 5.91 Å². The second-order valence-corrected chi connectivity index (χ2v) is 5.66. The molecule has 132 valence electrons. The van der Waals surface area contributed by atoms with E-state index in [1.807, 2.05) is 42.6 Å². The zero-order valence-corrected chi connectivity index (χ0v) is 14.2. The number of carbonyl (C=O) groups excluding carboxylic acids is 1. The molecule has 6 nitrogen and oxygen atoms in total. The molecule has 2 aromatic heterocycles. The van der Waals surface area contributed by atoms with Crippen molar-refractivity contribution in [3.8, 4) is 5.75 Å². The molecule has 0 unspecified atom stereocenters. The Morgan fingerprint density at radius 3 is 2.96 bits per heavy atom. The van der Waals surface area contributed by atoms with E-state index in [2.05, 4.69) is 9.88 Å². The highest BCUT2D eigenvalue weighted by atomic mass is 16.5. The van der Waals surface area contributed by atoms with Crippen molar-refractivity contribution >= 4 is 16.8 Å². The molecule has 0 atom stereocenters. The molecule has 0 spiro atoms. The Hall–Kier alpha value is -2.73. The van der Waals surface area contributed by atoms with E-state index in [9.17, 15) is 4.79 Å². The number of benzene rings is 1. The number of methoxy groups -OCH3 is 1. The Labute approximate surface area is 146 Å².